The minimum Gasteiger partial charge on any atom is -0.454 e. The molecule has 4 aromatic rings. The van der Waals surface area contributed by atoms with Gasteiger partial charge in [-0.1, -0.05) is 30.2 Å². The van der Waals surface area contributed by atoms with Crippen LogP contribution in [-0.4, -0.2) is 21.8 Å². The summed E-state index contributed by atoms with van der Waals surface area (Å²) in [7, 11) is 0. The summed E-state index contributed by atoms with van der Waals surface area (Å²) >= 11 is 1.37. The third-order valence-electron chi connectivity index (χ3n) is 7.21. The van der Waals surface area contributed by atoms with Crippen molar-refractivity contribution in [1.29, 1.82) is 0 Å². The van der Waals surface area contributed by atoms with Gasteiger partial charge in [-0.3, -0.25) is 18.7 Å². The van der Waals surface area contributed by atoms with E-state index >= 15 is 0 Å². The van der Waals surface area contributed by atoms with E-state index in [2.05, 4.69) is 38.2 Å². The molecule has 1 amide bonds. The second kappa shape index (κ2) is 11.5. The van der Waals surface area contributed by atoms with Crippen molar-refractivity contribution in [2.45, 2.75) is 66.1 Å². The van der Waals surface area contributed by atoms with Crippen molar-refractivity contribution in [3.63, 3.8) is 0 Å². The van der Waals surface area contributed by atoms with Gasteiger partial charge in [0.05, 0.1) is 12.1 Å². The van der Waals surface area contributed by atoms with Gasteiger partial charge in [0, 0.05) is 19.5 Å². The number of carbonyl (C=O) groups excluding carboxylic acids is 1. The van der Waals surface area contributed by atoms with E-state index in [0.29, 0.717) is 54.9 Å². The molecule has 0 bridgehead atoms. The number of fused-ring (bicyclic) bond motifs is 2. The first-order valence-electron chi connectivity index (χ1n) is 13.2. The van der Waals surface area contributed by atoms with Gasteiger partial charge in [-0.2, -0.15) is 0 Å². The second-order valence-corrected chi connectivity index (χ2v) is 11.0. The van der Waals surface area contributed by atoms with E-state index in [-0.39, 0.29) is 23.9 Å². The highest BCUT2D eigenvalue weighted by atomic mass is 32.1. The molecular weight excluding hydrogens is 514 g/mol. The van der Waals surface area contributed by atoms with Crippen LogP contribution in [0.2, 0.25) is 0 Å². The van der Waals surface area contributed by atoms with Gasteiger partial charge in [-0.05, 0) is 79.4 Å². The Balaban J connectivity index is 1.19. The second-order valence-electron chi connectivity index (χ2n) is 10.1. The van der Waals surface area contributed by atoms with Gasteiger partial charge in [-0.25, -0.2) is 4.79 Å². The molecule has 0 saturated carbocycles. The lowest BCUT2D eigenvalue weighted by atomic mass is 10.00. The zero-order valence-corrected chi connectivity index (χ0v) is 23.4. The molecule has 0 spiro atoms. The van der Waals surface area contributed by atoms with Crippen molar-refractivity contribution >= 4 is 27.5 Å². The molecule has 0 saturated heterocycles. The molecule has 2 aromatic carbocycles. The van der Waals surface area contributed by atoms with Crippen molar-refractivity contribution in [3.8, 4) is 11.5 Å². The Bertz CT molecular complexity index is 1630. The number of carbonyl (C=O) groups is 1. The van der Waals surface area contributed by atoms with Crippen molar-refractivity contribution in [2.75, 3.05) is 6.79 Å². The monoisotopic (exact) mass is 547 g/mol. The lowest BCUT2D eigenvalue weighted by Crippen LogP contribution is -2.40. The van der Waals surface area contributed by atoms with Crippen molar-refractivity contribution in [3.05, 3.63) is 90.4 Å². The average molecular weight is 548 g/mol. The average Bonchev–Trinajstić information content (AvgIpc) is 3.58. The Kier molecular flexibility index (Phi) is 7.88. The Morgan fingerprint density at radius 2 is 1.72 bits per heavy atom. The molecule has 0 radical (unpaired) electrons. The summed E-state index contributed by atoms with van der Waals surface area (Å²) in [6.07, 6.45) is 2.45. The van der Waals surface area contributed by atoms with E-state index < -0.39 is 0 Å². The molecule has 204 valence electrons. The number of aromatic nitrogens is 2. The Labute approximate surface area is 230 Å². The van der Waals surface area contributed by atoms with Crippen LogP contribution in [0.3, 0.4) is 0 Å². The zero-order chi connectivity index (χ0) is 27.5. The normalized spacial score (nSPS) is 12.3. The van der Waals surface area contributed by atoms with Crippen molar-refractivity contribution < 1.29 is 14.3 Å². The molecule has 5 rings (SSSR count). The quantitative estimate of drug-likeness (QED) is 0.288. The van der Waals surface area contributed by atoms with Crippen LogP contribution in [0.15, 0.2) is 51.4 Å². The number of rotatable bonds is 10. The first-order chi connectivity index (χ1) is 18.8. The van der Waals surface area contributed by atoms with E-state index in [4.69, 9.17) is 9.47 Å². The summed E-state index contributed by atoms with van der Waals surface area (Å²) in [5, 5.41) is 4.80. The number of amides is 1. The summed E-state index contributed by atoms with van der Waals surface area (Å²) in [6, 6.07) is 11.7. The molecule has 1 aliphatic rings. The molecule has 8 nitrogen and oxygen atoms in total. The standard InChI is InChI=1S/C30H33N3O5S/c1-19-13-20(2)23(21(3)14-19)17-33-24-10-12-39-28(24)29(35)32(30(33)36)11-6-4-5-7-27(34)31-16-22-8-9-25-26(15-22)38-18-37-25/h8-10,12-15H,4-7,11,16-18H2,1-3H3,(H,31,34). The molecule has 1 N–H and O–H groups in total. The van der Waals surface area contributed by atoms with Gasteiger partial charge in [0.1, 0.15) is 4.70 Å². The highest BCUT2D eigenvalue weighted by Crippen LogP contribution is 2.32. The first kappa shape index (κ1) is 26.7. The smallest absolute Gasteiger partial charge is 0.331 e. The van der Waals surface area contributed by atoms with Gasteiger partial charge >= 0.3 is 5.69 Å². The third kappa shape index (κ3) is 5.78. The number of nitrogens with zero attached hydrogens (tertiary/aromatic N) is 2. The summed E-state index contributed by atoms with van der Waals surface area (Å²) < 4.78 is 14.4. The topological polar surface area (TPSA) is 91.6 Å². The Hall–Kier alpha value is -3.85. The lowest BCUT2D eigenvalue weighted by molar-refractivity contribution is -0.121. The summed E-state index contributed by atoms with van der Waals surface area (Å²) in [5.74, 6) is 1.38. The van der Waals surface area contributed by atoms with Crippen LogP contribution in [0.5, 0.6) is 11.5 Å². The van der Waals surface area contributed by atoms with Gasteiger partial charge in [-0.15, -0.1) is 11.3 Å². The fourth-order valence-corrected chi connectivity index (χ4v) is 6.02. The molecule has 1 aliphatic heterocycles. The summed E-state index contributed by atoms with van der Waals surface area (Å²) in [5.41, 5.74) is 5.68. The van der Waals surface area contributed by atoms with E-state index in [1.54, 1.807) is 4.57 Å². The number of ether oxygens (including phenoxy) is 2. The molecule has 0 fully saturated rings. The maximum absolute atomic E-state index is 13.5. The zero-order valence-electron chi connectivity index (χ0n) is 22.5. The number of benzene rings is 2. The van der Waals surface area contributed by atoms with Gasteiger partial charge in [0.2, 0.25) is 12.7 Å². The van der Waals surface area contributed by atoms with Crippen LogP contribution < -0.4 is 26.0 Å². The summed E-state index contributed by atoms with van der Waals surface area (Å²) in [6.45, 7) is 7.59. The highest BCUT2D eigenvalue weighted by Gasteiger charge is 2.17. The van der Waals surface area contributed by atoms with E-state index in [1.807, 2.05) is 29.6 Å². The molecule has 0 atom stereocenters. The molecule has 0 aliphatic carbocycles. The Morgan fingerprint density at radius 1 is 0.949 bits per heavy atom. The molecule has 3 heterocycles. The molecule has 9 heteroatoms. The SMILES string of the molecule is Cc1cc(C)c(Cn2c(=O)n(CCCCCC(=O)NCc3ccc4c(c3)OCO4)c(=O)c3sccc32)c(C)c1. The van der Waals surface area contributed by atoms with E-state index in [9.17, 15) is 14.4 Å². The van der Waals surface area contributed by atoms with Gasteiger partial charge < -0.3 is 14.8 Å². The molecule has 2 aromatic heterocycles. The number of hydrogen-bond acceptors (Lipinski definition) is 6. The van der Waals surface area contributed by atoms with E-state index in [1.165, 1.54) is 21.5 Å². The summed E-state index contributed by atoms with van der Waals surface area (Å²) in [4.78, 5) is 39.0. The first-order valence-corrected chi connectivity index (χ1v) is 14.1. The Morgan fingerprint density at radius 3 is 2.51 bits per heavy atom. The number of hydrogen-bond donors (Lipinski definition) is 1. The van der Waals surface area contributed by atoms with Crippen LogP contribution >= 0.6 is 11.3 Å². The predicted octanol–water partition coefficient (Wildman–Crippen LogP) is 4.80. The minimum atomic E-state index is -0.285. The maximum atomic E-state index is 13.5. The number of thiophene rings is 1. The van der Waals surface area contributed by atoms with Gasteiger partial charge in [0.15, 0.2) is 11.5 Å². The minimum absolute atomic E-state index is 0.0315. The van der Waals surface area contributed by atoms with Crippen LogP contribution in [0.25, 0.3) is 10.2 Å². The van der Waals surface area contributed by atoms with Crippen molar-refractivity contribution in [2.24, 2.45) is 0 Å². The fraction of sp³-hybridized carbons (Fsp3) is 0.367. The number of nitrogens with one attached hydrogen (secondary N) is 1. The highest BCUT2D eigenvalue weighted by molar-refractivity contribution is 7.17. The lowest BCUT2D eigenvalue weighted by Gasteiger charge is -2.16. The van der Waals surface area contributed by atoms with Crippen LogP contribution in [0.4, 0.5) is 0 Å². The third-order valence-corrected chi connectivity index (χ3v) is 8.10. The fourth-order valence-electron chi connectivity index (χ4n) is 5.17. The number of unbranched alkanes of at least 4 members (excludes halogenated alkanes) is 2. The molecule has 39 heavy (non-hydrogen) atoms. The number of aryl methyl sites for hydroxylation is 3. The van der Waals surface area contributed by atoms with Crippen LogP contribution in [0, 0.1) is 20.8 Å². The van der Waals surface area contributed by atoms with Crippen LogP contribution in [0.1, 0.15) is 53.5 Å². The van der Waals surface area contributed by atoms with Gasteiger partial charge in [0.25, 0.3) is 5.56 Å². The predicted molar refractivity (Wildman–Crippen MR) is 153 cm³/mol. The van der Waals surface area contributed by atoms with Crippen LogP contribution in [-0.2, 0) is 24.4 Å². The van der Waals surface area contributed by atoms with Crippen molar-refractivity contribution in [1.82, 2.24) is 14.5 Å². The largest absolute Gasteiger partial charge is 0.454 e. The molecule has 0 unspecified atom stereocenters. The van der Waals surface area contributed by atoms with E-state index in [0.717, 1.165) is 34.4 Å². The molecular formula is C30H33N3O5S. The maximum Gasteiger partial charge on any atom is 0.331 e.